The number of anilines is 1. The maximum Gasteiger partial charge on any atom is 0.167 e. The molecule has 1 heterocycles. The molecule has 1 aromatic carbocycles. The molecule has 0 aliphatic carbocycles. The van der Waals surface area contributed by atoms with Crippen molar-refractivity contribution in [1.29, 1.82) is 0 Å². The Bertz CT molecular complexity index is 394. The zero-order chi connectivity index (χ0) is 13.5. The molecule has 19 heavy (non-hydrogen) atoms. The summed E-state index contributed by atoms with van der Waals surface area (Å²) in [6, 6.07) is 4.52. The van der Waals surface area contributed by atoms with Crippen LogP contribution in [0.4, 0.5) is 10.1 Å². The Kier molecular flexibility index (Phi) is 5.42. The third-order valence-corrected chi connectivity index (χ3v) is 3.29. The molecule has 0 bridgehead atoms. The van der Waals surface area contributed by atoms with Crippen LogP contribution < -0.4 is 15.8 Å². The first-order valence-corrected chi connectivity index (χ1v) is 6.86. The molecule has 4 nitrogen and oxygen atoms in total. The van der Waals surface area contributed by atoms with Crippen molar-refractivity contribution >= 4 is 5.69 Å². The van der Waals surface area contributed by atoms with E-state index in [0.717, 1.165) is 45.6 Å². The van der Waals surface area contributed by atoms with E-state index < -0.39 is 0 Å². The number of unbranched alkanes of at least 4 members (excludes halogenated alkanes) is 1. The first-order chi connectivity index (χ1) is 9.25. The Morgan fingerprint density at radius 1 is 1.26 bits per heavy atom. The lowest BCUT2D eigenvalue weighted by atomic mass is 10.2. The molecule has 5 heteroatoms. The van der Waals surface area contributed by atoms with Crippen molar-refractivity contribution < 1.29 is 9.13 Å². The van der Waals surface area contributed by atoms with E-state index in [1.165, 1.54) is 6.07 Å². The molecule has 106 valence electrons. The molecule has 1 aliphatic heterocycles. The molecule has 0 unspecified atom stereocenters. The summed E-state index contributed by atoms with van der Waals surface area (Å²) in [6.45, 7) is 6.03. The predicted molar refractivity (Wildman–Crippen MR) is 74.9 cm³/mol. The number of ether oxygens (including phenoxy) is 1. The largest absolute Gasteiger partial charge is 0.491 e. The van der Waals surface area contributed by atoms with E-state index >= 15 is 0 Å². The van der Waals surface area contributed by atoms with E-state index in [4.69, 9.17) is 10.5 Å². The average Bonchev–Trinajstić information content (AvgIpc) is 2.42. The molecule has 0 saturated carbocycles. The highest BCUT2D eigenvalue weighted by Gasteiger charge is 2.08. The summed E-state index contributed by atoms with van der Waals surface area (Å²) in [5, 5.41) is 3.33. The molecule has 0 spiro atoms. The van der Waals surface area contributed by atoms with Gasteiger partial charge in [-0.3, -0.25) is 0 Å². The van der Waals surface area contributed by atoms with Gasteiger partial charge in [-0.15, -0.1) is 0 Å². The summed E-state index contributed by atoms with van der Waals surface area (Å²) in [5.74, 6) is -0.0986. The molecule has 1 saturated heterocycles. The highest BCUT2D eigenvalue weighted by Crippen LogP contribution is 2.19. The van der Waals surface area contributed by atoms with Gasteiger partial charge >= 0.3 is 0 Å². The van der Waals surface area contributed by atoms with Crippen LogP contribution in [0.15, 0.2) is 18.2 Å². The summed E-state index contributed by atoms with van der Waals surface area (Å²) in [7, 11) is 0. The van der Waals surface area contributed by atoms with Gasteiger partial charge in [0.2, 0.25) is 0 Å². The van der Waals surface area contributed by atoms with Crippen LogP contribution in [0.25, 0.3) is 0 Å². The fourth-order valence-electron chi connectivity index (χ4n) is 2.19. The van der Waals surface area contributed by atoms with Gasteiger partial charge in [0.1, 0.15) is 0 Å². The fraction of sp³-hybridized carbons (Fsp3) is 0.571. The minimum atomic E-state index is -0.387. The Labute approximate surface area is 113 Å². The molecule has 1 fully saturated rings. The molecule has 0 atom stereocenters. The fourth-order valence-corrected chi connectivity index (χ4v) is 2.19. The Hall–Kier alpha value is -1.33. The van der Waals surface area contributed by atoms with Crippen molar-refractivity contribution in [3.05, 3.63) is 24.0 Å². The number of halogens is 1. The molecule has 1 aliphatic rings. The number of hydrogen-bond acceptors (Lipinski definition) is 4. The SMILES string of the molecule is Nc1ccc(OCCCCN2CCNCC2)c(F)c1. The van der Waals surface area contributed by atoms with Gasteiger partial charge in [0.15, 0.2) is 11.6 Å². The molecule has 0 radical (unpaired) electrons. The van der Waals surface area contributed by atoms with E-state index in [1.54, 1.807) is 12.1 Å². The van der Waals surface area contributed by atoms with Gasteiger partial charge in [-0.05, 0) is 31.5 Å². The van der Waals surface area contributed by atoms with Crippen LogP contribution in [0.2, 0.25) is 0 Å². The highest BCUT2D eigenvalue weighted by atomic mass is 19.1. The number of benzene rings is 1. The molecule has 1 aromatic rings. The Balaban J connectivity index is 1.61. The summed E-state index contributed by atoms with van der Waals surface area (Å²) >= 11 is 0. The van der Waals surface area contributed by atoms with Gasteiger partial charge < -0.3 is 20.7 Å². The minimum Gasteiger partial charge on any atom is -0.491 e. The van der Waals surface area contributed by atoms with Crippen LogP contribution in [-0.2, 0) is 0 Å². The van der Waals surface area contributed by atoms with Crippen molar-refractivity contribution in [2.45, 2.75) is 12.8 Å². The summed E-state index contributed by atoms with van der Waals surface area (Å²) in [5.41, 5.74) is 5.90. The molecule has 0 aromatic heterocycles. The normalized spacial score (nSPS) is 16.5. The summed E-state index contributed by atoms with van der Waals surface area (Å²) in [6.07, 6.45) is 2.02. The van der Waals surface area contributed by atoms with E-state index in [1.807, 2.05) is 0 Å². The van der Waals surface area contributed by atoms with Crippen LogP contribution >= 0.6 is 0 Å². The molecular weight excluding hydrogens is 245 g/mol. The van der Waals surface area contributed by atoms with Crippen molar-refractivity contribution in [1.82, 2.24) is 10.2 Å². The van der Waals surface area contributed by atoms with Gasteiger partial charge in [0.05, 0.1) is 6.61 Å². The highest BCUT2D eigenvalue weighted by molar-refractivity contribution is 5.42. The smallest absolute Gasteiger partial charge is 0.167 e. The van der Waals surface area contributed by atoms with Crippen LogP contribution in [0.5, 0.6) is 5.75 Å². The second-order valence-electron chi connectivity index (χ2n) is 4.84. The van der Waals surface area contributed by atoms with Gasteiger partial charge in [-0.2, -0.15) is 0 Å². The molecule has 0 amide bonds. The Morgan fingerprint density at radius 3 is 2.79 bits per heavy atom. The van der Waals surface area contributed by atoms with Gasteiger partial charge in [-0.25, -0.2) is 4.39 Å². The summed E-state index contributed by atoms with van der Waals surface area (Å²) < 4.78 is 18.9. The quantitative estimate of drug-likeness (QED) is 0.605. The third-order valence-electron chi connectivity index (χ3n) is 3.29. The van der Waals surface area contributed by atoms with E-state index in [-0.39, 0.29) is 11.6 Å². The lowest BCUT2D eigenvalue weighted by Gasteiger charge is -2.26. The van der Waals surface area contributed by atoms with Crippen LogP contribution in [0.3, 0.4) is 0 Å². The van der Waals surface area contributed by atoms with Crippen molar-refractivity contribution in [2.75, 3.05) is 45.1 Å². The van der Waals surface area contributed by atoms with Crippen molar-refractivity contribution in [3.8, 4) is 5.75 Å². The minimum absolute atomic E-state index is 0.288. The maximum absolute atomic E-state index is 13.4. The molecule has 2 rings (SSSR count). The topological polar surface area (TPSA) is 50.5 Å². The van der Waals surface area contributed by atoms with Gasteiger partial charge in [0.25, 0.3) is 0 Å². The average molecular weight is 267 g/mol. The standard InChI is InChI=1S/C14H22FN3O/c15-13-11-12(16)3-4-14(13)19-10-2-1-7-18-8-5-17-6-9-18/h3-4,11,17H,1-2,5-10,16H2. The van der Waals surface area contributed by atoms with Crippen LogP contribution in [0, 0.1) is 5.82 Å². The monoisotopic (exact) mass is 267 g/mol. The second kappa shape index (κ2) is 7.31. The summed E-state index contributed by atoms with van der Waals surface area (Å²) in [4.78, 5) is 2.44. The number of nitrogens with two attached hydrogens (primary N) is 1. The first-order valence-electron chi connectivity index (χ1n) is 6.86. The van der Waals surface area contributed by atoms with E-state index in [0.29, 0.717) is 12.3 Å². The van der Waals surface area contributed by atoms with Crippen LogP contribution in [0.1, 0.15) is 12.8 Å². The lowest BCUT2D eigenvalue weighted by molar-refractivity contribution is 0.224. The maximum atomic E-state index is 13.4. The number of rotatable bonds is 6. The van der Waals surface area contributed by atoms with E-state index in [9.17, 15) is 4.39 Å². The zero-order valence-corrected chi connectivity index (χ0v) is 11.2. The first kappa shape index (κ1) is 14.1. The van der Waals surface area contributed by atoms with Crippen LogP contribution in [-0.4, -0.2) is 44.2 Å². The Morgan fingerprint density at radius 2 is 2.05 bits per heavy atom. The number of nitrogens with one attached hydrogen (secondary N) is 1. The molecular formula is C14H22FN3O. The number of hydrogen-bond donors (Lipinski definition) is 2. The number of piperazine rings is 1. The van der Waals surface area contributed by atoms with Crippen molar-refractivity contribution in [2.24, 2.45) is 0 Å². The number of nitrogen functional groups attached to an aromatic ring is 1. The third kappa shape index (κ3) is 4.69. The van der Waals surface area contributed by atoms with Gasteiger partial charge in [-0.1, -0.05) is 0 Å². The number of nitrogens with zero attached hydrogens (tertiary/aromatic N) is 1. The zero-order valence-electron chi connectivity index (χ0n) is 11.2. The van der Waals surface area contributed by atoms with Gasteiger partial charge in [0, 0.05) is 37.9 Å². The van der Waals surface area contributed by atoms with Crippen molar-refractivity contribution in [3.63, 3.8) is 0 Å². The second-order valence-corrected chi connectivity index (χ2v) is 4.84. The van der Waals surface area contributed by atoms with E-state index in [2.05, 4.69) is 10.2 Å². The lowest BCUT2D eigenvalue weighted by Crippen LogP contribution is -2.43. The predicted octanol–water partition coefficient (Wildman–Crippen LogP) is 1.47. The molecule has 3 N–H and O–H groups in total.